The maximum Gasteiger partial charge on any atom is 0.277 e. The van der Waals surface area contributed by atoms with Crippen LogP contribution in [-0.4, -0.2) is 61.1 Å². The number of ether oxygens (including phenoxy) is 2. The van der Waals surface area contributed by atoms with E-state index in [4.69, 9.17) is 9.47 Å². The van der Waals surface area contributed by atoms with Crippen LogP contribution in [0, 0.1) is 0 Å². The Kier molecular flexibility index (Phi) is 7.69. The highest BCUT2D eigenvalue weighted by Gasteiger charge is 2.41. The van der Waals surface area contributed by atoms with Crippen molar-refractivity contribution >= 4 is 17.4 Å². The van der Waals surface area contributed by atoms with Crippen LogP contribution < -0.4 is 4.74 Å². The van der Waals surface area contributed by atoms with Gasteiger partial charge in [-0.25, -0.2) is 0 Å². The van der Waals surface area contributed by atoms with Gasteiger partial charge in [-0.3, -0.25) is 14.5 Å². The van der Waals surface area contributed by atoms with Gasteiger partial charge in [0, 0.05) is 19.6 Å². The van der Waals surface area contributed by atoms with Crippen molar-refractivity contribution in [3.63, 3.8) is 0 Å². The van der Waals surface area contributed by atoms with Gasteiger partial charge in [0.25, 0.3) is 11.8 Å². The zero-order valence-corrected chi connectivity index (χ0v) is 17.6. The van der Waals surface area contributed by atoms with E-state index in [1.807, 2.05) is 29.2 Å². The first-order valence-corrected chi connectivity index (χ1v) is 10.8. The summed E-state index contributed by atoms with van der Waals surface area (Å²) in [5, 5.41) is 0. The van der Waals surface area contributed by atoms with Gasteiger partial charge in [0.1, 0.15) is 11.4 Å². The molecule has 3 rings (SSSR count). The maximum absolute atomic E-state index is 13.2. The summed E-state index contributed by atoms with van der Waals surface area (Å²) in [4.78, 5) is 29.9. The lowest BCUT2D eigenvalue weighted by Gasteiger charge is -2.29. The first-order valence-electron chi connectivity index (χ1n) is 10.8. The van der Waals surface area contributed by atoms with Crippen molar-refractivity contribution in [1.29, 1.82) is 0 Å². The van der Waals surface area contributed by atoms with Crippen molar-refractivity contribution in [2.75, 3.05) is 39.5 Å². The van der Waals surface area contributed by atoms with Crippen LogP contribution in [0.15, 0.2) is 30.0 Å². The number of rotatable bonds is 10. The Balaban J connectivity index is 1.86. The van der Waals surface area contributed by atoms with Gasteiger partial charge in [0.2, 0.25) is 0 Å². The number of hydrogen-bond acceptors (Lipinski definition) is 5. The molecule has 0 radical (unpaired) electrons. The van der Waals surface area contributed by atoms with E-state index in [-0.39, 0.29) is 11.8 Å². The topological polar surface area (TPSA) is 59.1 Å². The maximum atomic E-state index is 13.2. The van der Waals surface area contributed by atoms with Gasteiger partial charge in [-0.05, 0) is 30.5 Å². The fraction of sp³-hybridized carbons (Fsp3) is 0.565. The summed E-state index contributed by atoms with van der Waals surface area (Å²) in [6, 6.07) is 7.51. The van der Waals surface area contributed by atoms with Gasteiger partial charge in [-0.1, -0.05) is 45.2 Å². The van der Waals surface area contributed by atoms with Crippen molar-refractivity contribution < 1.29 is 19.1 Å². The number of amides is 2. The second-order valence-corrected chi connectivity index (χ2v) is 7.52. The van der Waals surface area contributed by atoms with E-state index in [1.54, 1.807) is 0 Å². The number of imide groups is 1. The molecule has 158 valence electrons. The quantitative estimate of drug-likeness (QED) is 0.445. The summed E-state index contributed by atoms with van der Waals surface area (Å²) < 4.78 is 11.1. The molecule has 2 aliphatic heterocycles. The second kappa shape index (κ2) is 10.4. The Bertz CT molecular complexity index is 736. The van der Waals surface area contributed by atoms with E-state index < -0.39 is 0 Å². The van der Waals surface area contributed by atoms with Gasteiger partial charge in [-0.15, -0.1) is 0 Å². The van der Waals surface area contributed by atoms with Crippen molar-refractivity contribution in [3.05, 3.63) is 35.5 Å². The Labute approximate surface area is 173 Å². The van der Waals surface area contributed by atoms with Gasteiger partial charge in [0.15, 0.2) is 0 Å². The molecule has 0 bridgehead atoms. The lowest BCUT2D eigenvalue weighted by atomic mass is 10.0. The van der Waals surface area contributed by atoms with E-state index in [1.165, 1.54) is 4.90 Å². The van der Waals surface area contributed by atoms with Crippen LogP contribution in [0.2, 0.25) is 0 Å². The summed E-state index contributed by atoms with van der Waals surface area (Å²) in [6.45, 7) is 7.73. The number of hydrogen-bond donors (Lipinski definition) is 0. The molecule has 0 aliphatic carbocycles. The van der Waals surface area contributed by atoms with E-state index in [0.717, 1.165) is 43.4 Å². The summed E-state index contributed by atoms with van der Waals surface area (Å²) in [5.41, 5.74) is 1.80. The highest BCUT2D eigenvalue weighted by molar-refractivity contribution is 6.35. The Morgan fingerprint density at radius 3 is 2.31 bits per heavy atom. The fourth-order valence-corrected chi connectivity index (χ4v) is 3.74. The van der Waals surface area contributed by atoms with Crippen molar-refractivity contribution in [1.82, 2.24) is 9.80 Å². The van der Waals surface area contributed by atoms with E-state index >= 15 is 0 Å². The standard InChI is InChI=1S/C23H32N2O4/c1-3-5-6-7-12-25-22(26)20(18-8-10-19(11-9-18)29-15-4-2)21(23(25)27)24-13-16-28-17-14-24/h8-11H,3-7,12-17H2,1-2H3. The highest BCUT2D eigenvalue weighted by atomic mass is 16.5. The normalized spacial score (nSPS) is 17.4. The second-order valence-electron chi connectivity index (χ2n) is 7.52. The molecule has 2 aliphatic rings. The predicted octanol–water partition coefficient (Wildman–Crippen LogP) is 3.47. The largest absolute Gasteiger partial charge is 0.494 e. The number of carbonyl (C=O) groups is 2. The predicted molar refractivity (Wildman–Crippen MR) is 112 cm³/mol. The van der Waals surface area contributed by atoms with Crippen molar-refractivity contribution in [3.8, 4) is 5.75 Å². The Morgan fingerprint density at radius 2 is 1.66 bits per heavy atom. The van der Waals surface area contributed by atoms with Crippen LogP contribution >= 0.6 is 0 Å². The molecule has 2 amide bonds. The molecule has 0 unspecified atom stereocenters. The third kappa shape index (κ3) is 4.99. The van der Waals surface area contributed by atoms with Crippen molar-refractivity contribution in [2.24, 2.45) is 0 Å². The molecular formula is C23H32N2O4. The number of nitrogens with zero attached hydrogens (tertiary/aromatic N) is 2. The molecule has 2 heterocycles. The van der Waals surface area contributed by atoms with Crippen LogP contribution in [0.3, 0.4) is 0 Å². The first-order chi connectivity index (χ1) is 14.2. The molecule has 6 nitrogen and oxygen atoms in total. The smallest absolute Gasteiger partial charge is 0.277 e. The van der Waals surface area contributed by atoms with Gasteiger partial charge >= 0.3 is 0 Å². The molecule has 1 aromatic carbocycles. The Hall–Kier alpha value is -2.34. The molecule has 0 N–H and O–H groups in total. The van der Waals surface area contributed by atoms with Gasteiger partial charge in [-0.2, -0.15) is 0 Å². The minimum Gasteiger partial charge on any atom is -0.494 e. The minimum absolute atomic E-state index is 0.172. The van der Waals surface area contributed by atoms with Gasteiger partial charge in [0.05, 0.1) is 25.4 Å². The molecule has 0 aromatic heterocycles. The average molecular weight is 401 g/mol. The summed E-state index contributed by atoms with van der Waals surface area (Å²) in [7, 11) is 0. The van der Waals surface area contributed by atoms with Crippen LogP contribution in [-0.2, 0) is 14.3 Å². The zero-order chi connectivity index (χ0) is 20.6. The molecule has 29 heavy (non-hydrogen) atoms. The van der Waals surface area contributed by atoms with E-state index in [0.29, 0.717) is 50.7 Å². The summed E-state index contributed by atoms with van der Waals surface area (Å²) >= 11 is 0. The molecule has 6 heteroatoms. The third-order valence-corrected chi connectivity index (χ3v) is 5.32. The number of benzene rings is 1. The molecule has 1 fully saturated rings. The highest BCUT2D eigenvalue weighted by Crippen LogP contribution is 2.33. The molecule has 0 spiro atoms. The van der Waals surface area contributed by atoms with Crippen LogP contribution in [0.4, 0.5) is 0 Å². The number of morpholine rings is 1. The van der Waals surface area contributed by atoms with Crippen LogP contribution in [0.5, 0.6) is 5.75 Å². The molecule has 1 saturated heterocycles. The minimum atomic E-state index is -0.185. The molecular weight excluding hydrogens is 368 g/mol. The lowest BCUT2D eigenvalue weighted by Crippen LogP contribution is -2.40. The number of carbonyl (C=O) groups excluding carboxylic acids is 2. The van der Waals surface area contributed by atoms with Crippen LogP contribution in [0.1, 0.15) is 51.5 Å². The molecule has 0 saturated carbocycles. The lowest BCUT2D eigenvalue weighted by molar-refractivity contribution is -0.137. The molecule has 1 aromatic rings. The Morgan fingerprint density at radius 1 is 0.931 bits per heavy atom. The SMILES string of the molecule is CCCCCCN1C(=O)C(c2ccc(OCCC)cc2)=C(N2CCOCC2)C1=O. The number of unbranched alkanes of at least 4 members (excludes halogenated alkanes) is 3. The monoisotopic (exact) mass is 400 g/mol. The van der Waals surface area contributed by atoms with E-state index in [9.17, 15) is 9.59 Å². The third-order valence-electron chi connectivity index (χ3n) is 5.32. The summed E-state index contributed by atoms with van der Waals surface area (Å²) in [6.07, 6.45) is 5.05. The zero-order valence-electron chi connectivity index (χ0n) is 17.6. The summed E-state index contributed by atoms with van der Waals surface area (Å²) in [5.74, 6) is 0.419. The van der Waals surface area contributed by atoms with Crippen molar-refractivity contribution in [2.45, 2.75) is 46.0 Å². The van der Waals surface area contributed by atoms with Gasteiger partial charge < -0.3 is 14.4 Å². The average Bonchev–Trinajstić information content (AvgIpc) is 3.00. The molecule has 0 atom stereocenters. The van der Waals surface area contributed by atoms with Crippen LogP contribution in [0.25, 0.3) is 5.57 Å². The van der Waals surface area contributed by atoms with E-state index in [2.05, 4.69) is 13.8 Å². The fourth-order valence-electron chi connectivity index (χ4n) is 3.74. The first kappa shape index (κ1) is 21.4.